The molecule has 0 bridgehead atoms. The summed E-state index contributed by atoms with van der Waals surface area (Å²) >= 11 is 0. The third-order valence-electron chi connectivity index (χ3n) is 6.40. The Morgan fingerprint density at radius 1 is 1.18 bits per heavy atom. The van der Waals surface area contributed by atoms with E-state index in [0.717, 1.165) is 29.7 Å². The summed E-state index contributed by atoms with van der Waals surface area (Å²) in [7, 11) is -0.554. The van der Waals surface area contributed by atoms with Crippen LogP contribution < -0.4 is 5.32 Å². The third-order valence-corrected chi connectivity index (χ3v) is 8.21. The Labute approximate surface area is 193 Å². The lowest BCUT2D eigenvalue weighted by atomic mass is 9.96. The lowest BCUT2D eigenvalue weighted by molar-refractivity contribution is -0.121. The first-order valence-corrected chi connectivity index (χ1v) is 12.5. The second-order valence-corrected chi connectivity index (χ2v) is 10.9. The molecule has 0 spiro atoms. The number of amides is 1. The lowest BCUT2D eigenvalue weighted by Crippen LogP contribution is -2.32. The number of nitrogens with zero attached hydrogens (tertiary/aromatic N) is 3. The first-order valence-electron chi connectivity index (χ1n) is 11.1. The SMILES string of the molecule is CCn1c(CCC(=O)NCC2(c3ccc(F)cc3)CC2)nc2cc(S(=O)(=O)N(C)C)ccc21. The molecule has 1 heterocycles. The first kappa shape index (κ1) is 23.4. The quantitative estimate of drug-likeness (QED) is 0.518. The van der Waals surface area contributed by atoms with E-state index in [9.17, 15) is 17.6 Å². The van der Waals surface area contributed by atoms with E-state index >= 15 is 0 Å². The van der Waals surface area contributed by atoms with Crippen molar-refractivity contribution >= 4 is 27.0 Å². The first-order chi connectivity index (χ1) is 15.7. The van der Waals surface area contributed by atoms with Gasteiger partial charge in [0.15, 0.2) is 0 Å². The summed E-state index contributed by atoms with van der Waals surface area (Å²) in [5.74, 6) is 0.430. The van der Waals surface area contributed by atoms with Gasteiger partial charge in [0.1, 0.15) is 11.6 Å². The molecule has 1 amide bonds. The van der Waals surface area contributed by atoms with Gasteiger partial charge in [-0.15, -0.1) is 0 Å². The number of hydrogen-bond acceptors (Lipinski definition) is 4. The molecule has 4 rings (SSSR count). The minimum absolute atomic E-state index is 0.0611. The van der Waals surface area contributed by atoms with E-state index in [2.05, 4.69) is 10.3 Å². The van der Waals surface area contributed by atoms with Gasteiger partial charge in [-0.1, -0.05) is 12.1 Å². The number of halogens is 1. The van der Waals surface area contributed by atoms with Crippen LogP contribution in [0.1, 0.15) is 37.6 Å². The highest BCUT2D eigenvalue weighted by atomic mass is 32.2. The number of fused-ring (bicyclic) bond motifs is 1. The molecule has 3 aromatic rings. The molecule has 9 heteroatoms. The molecule has 176 valence electrons. The minimum atomic E-state index is -3.55. The fourth-order valence-corrected chi connectivity index (χ4v) is 5.10. The third kappa shape index (κ3) is 4.65. The number of nitrogens with one attached hydrogen (secondary N) is 1. The molecule has 1 saturated carbocycles. The fraction of sp³-hybridized carbons (Fsp3) is 0.417. The predicted molar refractivity (Wildman–Crippen MR) is 125 cm³/mol. The van der Waals surface area contributed by atoms with Crippen molar-refractivity contribution in [2.24, 2.45) is 0 Å². The van der Waals surface area contributed by atoms with Gasteiger partial charge in [-0.05, 0) is 55.7 Å². The molecule has 7 nitrogen and oxygen atoms in total. The summed E-state index contributed by atoms with van der Waals surface area (Å²) in [4.78, 5) is 17.4. The Hall–Kier alpha value is -2.78. The monoisotopic (exact) mass is 472 g/mol. The average Bonchev–Trinajstić information content (AvgIpc) is 3.50. The molecular weight excluding hydrogens is 443 g/mol. The Morgan fingerprint density at radius 2 is 1.88 bits per heavy atom. The standard InChI is InChI=1S/C24H29FN4O3S/c1-4-29-21-10-9-19(33(31,32)28(2)3)15-20(21)27-22(29)11-12-23(30)26-16-24(13-14-24)17-5-7-18(25)8-6-17/h5-10,15H,4,11-14,16H2,1-3H3,(H,26,30). The molecular formula is C24H29FN4O3S. The zero-order valence-corrected chi connectivity index (χ0v) is 20.0. The van der Waals surface area contributed by atoms with Crippen LogP contribution in [0.4, 0.5) is 4.39 Å². The highest BCUT2D eigenvalue weighted by Crippen LogP contribution is 2.47. The molecule has 1 aliphatic rings. The predicted octanol–water partition coefficient (Wildman–Crippen LogP) is 3.23. The Morgan fingerprint density at radius 3 is 2.48 bits per heavy atom. The van der Waals surface area contributed by atoms with Gasteiger partial charge in [-0.25, -0.2) is 22.1 Å². The van der Waals surface area contributed by atoms with Gasteiger partial charge in [0, 0.05) is 45.4 Å². The average molecular weight is 473 g/mol. The Kier molecular flexibility index (Phi) is 6.28. The van der Waals surface area contributed by atoms with Crippen molar-refractivity contribution < 1.29 is 17.6 Å². The van der Waals surface area contributed by atoms with E-state index in [4.69, 9.17) is 0 Å². The van der Waals surface area contributed by atoms with Crippen LogP contribution in [-0.4, -0.2) is 48.8 Å². The molecule has 2 aromatic carbocycles. The Balaban J connectivity index is 1.43. The van der Waals surface area contributed by atoms with Crippen LogP contribution in [0.3, 0.4) is 0 Å². The summed E-state index contributed by atoms with van der Waals surface area (Å²) in [5.41, 5.74) is 2.41. The van der Waals surface area contributed by atoms with Gasteiger partial charge in [0.2, 0.25) is 15.9 Å². The number of sulfonamides is 1. The number of imidazole rings is 1. The molecule has 0 aliphatic heterocycles. The summed E-state index contributed by atoms with van der Waals surface area (Å²) in [5, 5.41) is 3.03. The van der Waals surface area contributed by atoms with Crippen LogP contribution in [-0.2, 0) is 33.2 Å². The second kappa shape index (κ2) is 8.87. The Bertz CT molecular complexity index is 1280. The maximum atomic E-state index is 13.2. The number of hydrogen-bond donors (Lipinski definition) is 1. The lowest BCUT2D eigenvalue weighted by Gasteiger charge is -2.16. The molecule has 0 radical (unpaired) electrons. The van der Waals surface area contributed by atoms with Crippen molar-refractivity contribution in [2.75, 3.05) is 20.6 Å². The topological polar surface area (TPSA) is 84.3 Å². The van der Waals surface area contributed by atoms with Crippen LogP contribution >= 0.6 is 0 Å². The van der Waals surface area contributed by atoms with Crippen molar-refractivity contribution in [2.45, 2.75) is 49.5 Å². The van der Waals surface area contributed by atoms with Crippen LogP contribution in [0.2, 0.25) is 0 Å². The van der Waals surface area contributed by atoms with Crippen LogP contribution in [0, 0.1) is 5.82 Å². The van der Waals surface area contributed by atoms with Gasteiger partial charge < -0.3 is 9.88 Å². The zero-order chi connectivity index (χ0) is 23.8. The van der Waals surface area contributed by atoms with E-state index in [1.807, 2.05) is 11.5 Å². The minimum Gasteiger partial charge on any atom is -0.355 e. The molecule has 0 unspecified atom stereocenters. The zero-order valence-electron chi connectivity index (χ0n) is 19.1. The van der Waals surface area contributed by atoms with E-state index in [1.165, 1.54) is 30.5 Å². The molecule has 1 aliphatic carbocycles. The molecule has 0 atom stereocenters. The summed E-state index contributed by atoms with van der Waals surface area (Å²) < 4.78 is 41.3. The normalized spacial score (nSPS) is 15.2. The van der Waals surface area contributed by atoms with Crippen molar-refractivity contribution in [1.29, 1.82) is 0 Å². The van der Waals surface area contributed by atoms with E-state index in [-0.39, 0.29) is 28.5 Å². The van der Waals surface area contributed by atoms with Crippen molar-refractivity contribution in [3.05, 3.63) is 59.7 Å². The van der Waals surface area contributed by atoms with Crippen molar-refractivity contribution in [3.63, 3.8) is 0 Å². The van der Waals surface area contributed by atoms with Gasteiger partial charge in [-0.2, -0.15) is 0 Å². The molecule has 1 N–H and O–H groups in total. The van der Waals surface area contributed by atoms with Crippen LogP contribution in [0.5, 0.6) is 0 Å². The summed E-state index contributed by atoms with van der Waals surface area (Å²) in [6.07, 6.45) is 2.69. The molecule has 1 aromatic heterocycles. The number of carbonyl (C=O) groups is 1. The van der Waals surface area contributed by atoms with E-state index < -0.39 is 10.0 Å². The van der Waals surface area contributed by atoms with Crippen molar-refractivity contribution in [1.82, 2.24) is 19.2 Å². The summed E-state index contributed by atoms with van der Waals surface area (Å²) in [6, 6.07) is 11.5. The number of aryl methyl sites for hydroxylation is 2. The van der Waals surface area contributed by atoms with E-state index in [0.29, 0.717) is 25.0 Å². The smallest absolute Gasteiger partial charge is 0.242 e. The van der Waals surface area contributed by atoms with Gasteiger partial charge in [-0.3, -0.25) is 4.79 Å². The van der Waals surface area contributed by atoms with E-state index in [1.54, 1.807) is 30.3 Å². The van der Waals surface area contributed by atoms with Gasteiger partial charge in [0.25, 0.3) is 0 Å². The molecule has 33 heavy (non-hydrogen) atoms. The maximum absolute atomic E-state index is 13.2. The second-order valence-electron chi connectivity index (χ2n) is 8.77. The fourth-order valence-electron chi connectivity index (χ4n) is 4.18. The number of benzene rings is 2. The maximum Gasteiger partial charge on any atom is 0.242 e. The van der Waals surface area contributed by atoms with Crippen molar-refractivity contribution in [3.8, 4) is 0 Å². The highest BCUT2D eigenvalue weighted by Gasteiger charge is 2.44. The molecule has 1 fully saturated rings. The molecule has 0 saturated heterocycles. The van der Waals surface area contributed by atoms with Crippen LogP contribution in [0.25, 0.3) is 11.0 Å². The highest BCUT2D eigenvalue weighted by molar-refractivity contribution is 7.89. The van der Waals surface area contributed by atoms with Gasteiger partial charge >= 0.3 is 0 Å². The number of carbonyl (C=O) groups excluding carboxylic acids is 1. The summed E-state index contributed by atoms with van der Waals surface area (Å²) in [6.45, 7) is 3.20. The van der Waals surface area contributed by atoms with Crippen LogP contribution in [0.15, 0.2) is 47.4 Å². The van der Waals surface area contributed by atoms with Gasteiger partial charge in [0.05, 0.1) is 15.9 Å². The number of rotatable bonds is 9. The largest absolute Gasteiger partial charge is 0.355 e. The number of aromatic nitrogens is 2.